The third kappa shape index (κ3) is 18.9. The molecule has 1 aromatic rings. The van der Waals surface area contributed by atoms with Crippen molar-refractivity contribution < 1.29 is 26.2 Å². The van der Waals surface area contributed by atoms with E-state index in [0.717, 1.165) is 0 Å². The van der Waals surface area contributed by atoms with Crippen molar-refractivity contribution in [3.8, 4) is 0 Å². The molecular formula is C13H25NSi2Zr. The van der Waals surface area contributed by atoms with Crippen LogP contribution >= 0.6 is 0 Å². The molecule has 1 rings (SSSR count). The minimum Gasteiger partial charge on any atom is -0.668 e. The van der Waals surface area contributed by atoms with Crippen LogP contribution in [0.15, 0.2) is 42.5 Å². The van der Waals surface area contributed by atoms with Crippen LogP contribution in [0.1, 0.15) is 0 Å². The minimum atomic E-state index is -1.11. The third-order valence-corrected chi connectivity index (χ3v) is 6.82. The van der Waals surface area contributed by atoms with Crippen LogP contribution in [0.25, 0.3) is 4.65 Å². The van der Waals surface area contributed by atoms with Gasteiger partial charge in [0.05, 0.1) is 0 Å². The first-order valence-corrected chi connectivity index (χ1v) is 12.7. The van der Waals surface area contributed by atoms with Crippen LogP contribution in [0, 0.1) is 0 Å². The Morgan fingerprint density at radius 2 is 1.06 bits per heavy atom. The van der Waals surface area contributed by atoms with E-state index in [0.29, 0.717) is 0 Å². The van der Waals surface area contributed by atoms with E-state index >= 15 is 0 Å². The summed E-state index contributed by atoms with van der Waals surface area (Å²) in [7, 11) is -2.21. The Bertz CT molecular complexity index is 234. The predicted octanol–water partition coefficient (Wildman–Crippen LogP) is 5.00. The first-order chi connectivity index (χ1) is 7.21. The van der Waals surface area contributed by atoms with Gasteiger partial charge in [-0.3, -0.25) is 0 Å². The fourth-order valence-corrected chi connectivity index (χ4v) is 9.51. The molecule has 0 bridgehead atoms. The van der Waals surface area contributed by atoms with Crippen molar-refractivity contribution >= 4 is 16.5 Å². The molecule has 1 nitrogen and oxygen atoms in total. The zero-order chi connectivity index (χ0) is 12.7. The van der Waals surface area contributed by atoms with Gasteiger partial charge in [-0.05, 0) is 0 Å². The summed E-state index contributed by atoms with van der Waals surface area (Å²) in [5, 5.41) is 0. The van der Waals surface area contributed by atoms with Gasteiger partial charge in [-0.25, -0.2) is 0 Å². The second-order valence-corrected chi connectivity index (χ2v) is 15.4. The maximum Gasteiger partial charge on any atom is 0.0467 e. The quantitative estimate of drug-likeness (QED) is 0.531. The molecule has 0 amide bonds. The van der Waals surface area contributed by atoms with E-state index in [2.05, 4.69) is 39.3 Å². The number of hydrogen-bond donors (Lipinski definition) is 0. The van der Waals surface area contributed by atoms with Crippen LogP contribution in [0.3, 0.4) is 0 Å². The number of hydrogen-bond acceptors (Lipinski definition) is 0. The standard InChI is InChI=1S/C7H7.C6H18NSi2.Zr/c1-2-4-6-7-5-3-1;1-8(2,3)7-9(4,5)6;/h1-7H;1-6H3;/q+1;-1;. The molecule has 0 radical (unpaired) electrons. The largest absolute Gasteiger partial charge is 0.668 e. The summed E-state index contributed by atoms with van der Waals surface area (Å²) in [4.78, 5) is 0. The molecule has 0 heterocycles. The Morgan fingerprint density at radius 1 is 0.706 bits per heavy atom. The van der Waals surface area contributed by atoms with Gasteiger partial charge in [0.25, 0.3) is 0 Å². The minimum absolute atomic E-state index is 0. The van der Waals surface area contributed by atoms with Crippen LogP contribution in [-0.4, -0.2) is 16.5 Å². The van der Waals surface area contributed by atoms with E-state index < -0.39 is 16.5 Å². The van der Waals surface area contributed by atoms with E-state index in [1.165, 1.54) is 0 Å². The van der Waals surface area contributed by atoms with Crippen molar-refractivity contribution in [1.82, 2.24) is 0 Å². The van der Waals surface area contributed by atoms with E-state index in [1.807, 2.05) is 42.5 Å². The predicted molar refractivity (Wildman–Crippen MR) is 80.9 cm³/mol. The van der Waals surface area contributed by atoms with Crippen molar-refractivity contribution in [3.63, 3.8) is 0 Å². The molecule has 94 valence electrons. The van der Waals surface area contributed by atoms with E-state index in [9.17, 15) is 0 Å². The first-order valence-electron chi connectivity index (χ1n) is 5.78. The van der Waals surface area contributed by atoms with Gasteiger partial charge in [0.1, 0.15) is 0 Å². The van der Waals surface area contributed by atoms with Crippen molar-refractivity contribution in [2.45, 2.75) is 39.3 Å². The molecule has 0 saturated carbocycles. The monoisotopic (exact) mass is 341 g/mol. The number of nitrogens with zero attached hydrogens (tertiary/aromatic N) is 1. The zero-order valence-electron chi connectivity index (χ0n) is 12.0. The Morgan fingerprint density at radius 3 is 1.29 bits per heavy atom. The summed E-state index contributed by atoms with van der Waals surface area (Å²) in [6.07, 6.45) is 0. The molecule has 17 heavy (non-hydrogen) atoms. The summed E-state index contributed by atoms with van der Waals surface area (Å²) in [5.41, 5.74) is 0. The molecular weight excluding hydrogens is 318 g/mol. The van der Waals surface area contributed by atoms with E-state index in [4.69, 9.17) is 4.65 Å². The molecule has 0 aromatic heterocycles. The third-order valence-electron chi connectivity index (χ3n) is 1.45. The topological polar surface area (TPSA) is 14.1 Å². The van der Waals surface area contributed by atoms with Crippen molar-refractivity contribution in [2.75, 3.05) is 0 Å². The second kappa shape index (κ2) is 9.32. The normalized spacial score (nSPS) is 10.7. The van der Waals surface area contributed by atoms with E-state index in [1.54, 1.807) is 0 Å². The van der Waals surface area contributed by atoms with Crippen LogP contribution in [-0.2, 0) is 26.2 Å². The van der Waals surface area contributed by atoms with Gasteiger partial charge >= 0.3 is 0 Å². The fraction of sp³-hybridized carbons (Fsp3) is 0.462. The van der Waals surface area contributed by atoms with Gasteiger partial charge in [0.2, 0.25) is 0 Å². The Kier molecular flexibility index (Phi) is 10.8. The maximum atomic E-state index is 4.82. The Labute approximate surface area is 128 Å². The molecule has 0 fully saturated rings. The second-order valence-electron chi connectivity index (χ2n) is 5.80. The van der Waals surface area contributed by atoms with Crippen molar-refractivity contribution in [2.24, 2.45) is 0 Å². The molecule has 0 unspecified atom stereocenters. The SMILES string of the molecule is C[Si](C)(C)[N-][Si](C)(C)C.[Zr].c1ccc[cH+]cc1. The maximum absolute atomic E-state index is 4.82. The van der Waals surface area contributed by atoms with Crippen LogP contribution < -0.4 is 0 Å². The Hall–Kier alpha value is 0.367. The van der Waals surface area contributed by atoms with Crippen LogP contribution in [0.5, 0.6) is 0 Å². The zero-order valence-corrected chi connectivity index (χ0v) is 16.4. The van der Waals surface area contributed by atoms with Crippen molar-refractivity contribution in [1.29, 1.82) is 0 Å². The average Bonchev–Trinajstić information content (AvgIpc) is 2.26. The van der Waals surface area contributed by atoms with Gasteiger partial charge in [-0.1, -0.05) is 55.8 Å². The summed E-state index contributed by atoms with van der Waals surface area (Å²) < 4.78 is 4.82. The van der Waals surface area contributed by atoms with Crippen LogP contribution in [0.2, 0.25) is 39.3 Å². The van der Waals surface area contributed by atoms with Gasteiger partial charge in [-0.15, -0.1) is 0 Å². The Balaban J connectivity index is 0. The molecule has 0 aliphatic rings. The summed E-state index contributed by atoms with van der Waals surface area (Å²) in [6.45, 7) is 13.8. The molecule has 0 spiro atoms. The van der Waals surface area contributed by atoms with Gasteiger partial charge in [-0.2, -0.15) is 0 Å². The van der Waals surface area contributed by atoms with Crippen LogP contribution in [0.4, 0.5) is 0 Å². The van der Waals surface area contributed by atoms with Gasteiger partial charge in [0.15, 0.2) is 0 Å². The van der Waals surface area contributed by atoms with E-state index in [-0.39, 0.29) is 26.2 Å². The first kappa shape index (κ1) is 19.7. The van der Waals surface area contributed by atoms with Gasteiger partial charge < -0.3 is 4.65 Å². The summed E-state index contributed by atoms with van der Waals surface area (Å²) >= 11 is 0. The summed E-state index contributed by atoms with van der Waals surface area (Å²) in [6, 6.07) is 14.0. The average molecular weight is 343 g/mol. The molecule has 4 heteroatoms. The number of rotatable bonds is 2. The van der Waals surface area contributed by atoms with Crippen molar-refractivity contribution in [3.05, 3.63) is 47.1 Å². The molecule has 0 aliphatic carbocycles. The fourth-order valence-electron chi connectivity index (χ4n) is 1.46. The van der Waals surface area contributed by atoms with Gasteiger partial charge in [0, 0.05) is 68.7 Å². The molecule has 0 N–H and O–H groups in total. The molecule has 0 aliphatic heterocycles. The molecule has 1 aromatic carbocycles. The molecule has 0 atom stereocenters. The summed E-state index contributed by atoms with van der Waals surface area (Å²) in [5.74, 6) is 0. The molecule has 0 saturated heterocycles. The smallest absolute Gasteiger partial charge is 0.0467 e.